The number of nitrogens with zero attached hydrogens (tertiary/aromatic N) is 1. The molecule has 0 aliphatic rings. The van der Waals surface area contributed by atoms with Gasteiger partial charge in [-0.1, -0.05) is 49.2 Å². The van der Waals surface area contributed by atoms with Crippen molar-refractivity contribution >= 4 is 35.0 Å². The van der Waals surface area contributed by atoms with Gasteiger partial charge in [0.2, 0.25) is 5.91 Å². The minimum atomic E-state index is -0.720. The van der Waals surface area contributed by atoms with Crippen LogP contribution in [0.4, 0.5) is 0 Å². The number of aryl methyl sites for hydroxylation is 2. The lowest BCUT2D eigenvalue weighted by Crippen LogP contribution is -2.49. The SMILES string of the molecule is Cc1ccc(OCC(=O)N(Cc2c(Cl)cccc2Cl)C(C)C(=O)NCC(C)C)cc1C. The zero-order valence-corrected chi connectivity index (χ0v) is 20.2. The molecule has 7 heteroatoms. The first-order chi connectivity index (χ1) is 14.6. The second-order valence-corrected chi connectivity index (χ2v) is 8.89. The van der Waals surface area contributed by atoms with Crippen molar-refractivity contribution in [1.82, 2.24) is 10.2 Å². The predicted octanol–water partition coefficient (Wildman–Crippen LogP) is 5.18. The van der Waals surface area contributed by atoms with E-state index in [1.807, 2.05) is 45.9 Å². The normalized spacial score (nSPS) is 11.9. The maximum atomic E-state index is 13.1. The van der Waals surface area contributed by atoms with E-state index in [0.29, 0.717) is 33.8 Å². The van der Waals surface area contributed by atoms with Gasteiger partial charge in [0, 0.05) is 28.7 Å². The van der Waals surface area contributed by atoms with Crippen molar-refractivity contribution in [2.45, 2.75) is 47.2 Å². The van der Waals surface area contributed by atoms with E-state index in [1.54, 1.807) is 25.1 Å². The van der Waals surface area contributed by atoms with Crippen molar-refractivity contribution in [3.8, 4) is 5.75 Å². The fourth-order valence-corrected chi connectivity index (χ4v) is 3.44. The molecule has 0 aliphatic carbocycles. The maximum absolute atomic E-state index is 13.1. The van der Waals surface area contributed by atoms with E-state index in [4.69, 9.17) is 27.9 Å². The van der Waals surface area contributed by atoms with Crippen molar-refractivity contribution < 1.29 is 14.3 Å². The second-order valence-electron chi connectivity index (χ2n) is 8.07. The number of carbonyl (C=O) groups excluding carboxylic acids is 2. The van der Waals surface area contributed by atoms with Crippen LogP contribution >= 0.6 is 23.2 Å². The van der Waals surface area contributed by atoms with Crippen molar-refractivity contribution in [2.75, 3.05) is 13.2 Å². The molecule has 0 aromatic heterocycles. The van der Waals surface area contributed by atoms with Crippen LogP contribution in [0.25, 0.3) is 0 Å². The van der Waals surface area contributed by atoms with E-state index < -0.39 is 6.04 Å². The Morgan fingerprint density at radius 1 is 1.03 bits per heavy atom. The molecular formula is C24H30Cl2N2O3. The third kappa shape index (κ3) is 7.15. The molecule has 2 aromatic carbocycles. The molecule has 0 spiro atoms. The monoisotopic (exact) mass is 464 g/mol. The highest BCUT2D eigenvalue weighted by Crippen LogP contribution is 2.26. The van der Waals surface area contributed by atoms with Gasteiger partial charge in [-0.3, -0.25) is 9.59 Å². The van der Waals surface area contributed by atoms with Crippen molar-refractivity contribution in [1.29, 1.82) is 0 Å². The Balaban J connectivity index is 2.21. The molecule has 168 valence electrons. The number of benzene rings is 2. The number of amides is 2. The summed E-state index contributed by atoms with van der Waals surface area (Å²) < 4.78 is 5.72. The molecule has 2 amide bonds. The minimum Gasteiger partial charge on any atom is -0.484 e. The molecule has 0 radical (unpaired) electrons. The van der Waals surface area contributed by atoms with Gasteiger partial charge >= 0.3 is 0 Å². The molecule has 1 N–H and O–H groups in total. The fraction of sp³-hybridized carbons (Fsp3) is 0.417. The van der Waals surface area contributed by atoms with E-state index in [2.05, 4.69) is 5.32 Å². The van der Waals surface area contributed by atoms with Crippen LogP contribution in [0.3, 0.4) is 0 Å². The Kier molecular flexibility index (Phi) is 9.20. The van der Waals surface area contributed by atoms with Crippen LogP contribution in [0.2, 0.25) is 10.0 Å². The van der Waals surface area contributed by atoms with Crippen LogP contribution in [0.15, 0.2) is 36.4 Å². The van der Waals surface area contributed by atoms with E-state index in [1.165, 1.54) is 4.90 Å². The standard InChI is InChI=1S/C24H30Cl2N2O3/c1-15(2)12-27-24(30)18(5)28(13-20-21(25)7-6-8-22(20)26)23(29)14-31-19-10-9-16(3)17(4)11-19/h6-11,15,18H,12-14H2,1-5H3,(H,27,30). The summed E-state index contributed by atoms with van der Waals surface area (Å²) in [5.41, 5.74) is 2.81. The van der Waals surface area contributed by atoms with Gasteiger partial charge in [-0.15, -0.1) is 0 Å². The maximum Gasteiger partial charge on any atom is 0.261 e. The lowest BCUT2D eigenvalue weighted by Gasteiger charge is -2.29. The average Bonchev–Trinajstić information content (AvgIpc) is 2.72. The number of hydrogen-bond donors (Lipinski definition) is 1. The molecule has 0 bridgehead atoms. The zero-order valence-electron chi connectivity index (χ0n) is 18.7. The first kappa shape index (κ1) is 25.0. The first-order valence-corrected chi connectivity index (χ1v) is 11.1. The van der Waals surface area contributed by atoms with E-state index in [0.717, 1.165) is 11.1 Å². The summed E-state index contributed by atoms with van der Waals surface area (Å²) in [7, 11) is 0. The summed E-state index contributed by atoms with van der Waals surface area (Å²) in [5.74, 6) is 0.327. The van der Waals surface area contributed by atoms with Crippen LogP contribution in [0.1, 0.15) is 37.5 Å². The lowest BCUT2D eigenvalue weighted by atomic mass is 10.1. The van der Waals surface area contributed by atoms with Gasteiger partial charge in [-0.25, -0.2) is 0 Å². The van der Waals surface area contributed by atoms with Crippen LogP contribution in [0, 0.1) is 19.8 Å². The second kappa shape index (κ2) is 11.4. The Bertz CT molecular complexity index is 911. The Morgan fingerprint density at radius 2 is 1.68 bits per heavy atom. The smallest absolute Gasteiger partial charge is 0.261 e. The topological polar surface area (TPSA) is 58.6 Å². The minimum absolute atomic E-state index is 0.101. The highest BCUT2D eigenvalue weighted by molar-refractivity contribution is 6.36. The lowest BCUT2D eigenvalue weighted by molar-refractivity contribution is -0.142. The zero-order chi connectivity index (χ0) is 23.1. The summed E-state index contributed by atoms with van der Waals surface area (Å²) >= 11 is 12.6. The van der Waals surface area contributed by atoms with Crippen LogP contribution in [-0.4, -0.2) is 35.9 Å². The highest BCUT2D eigenvalue weighted by atomic mass is 35.5. The number of nitrogens with one attached hydrogen (secondary N) is 1. The van der Waals surface area contributed by atoms with Gasteiger partial charge in [-0.05, 0) is 62.1 Å². The van der Waals surface area contributed by atoms with Gasteiger partial charge in [-0.2, -0.15) is 0 Å². The summed E-state index contributed by atoms with van der Waals surface area (Å²) in [6.07, 6.45) is 0. The summed E-state index contributed by atoms with van der Waals surface area (Å²) in [4.78, 5) is 27.3. The fourth-order valence-electron chi connectivity index (χ4n) is 2.92. The summed E-state index contributed by atoms with van der Waals surface area (Å²) in [5, 5.41) is 3.76. The number of rotatable bonds is 9. The van der Waals surface area contributed by atoms with Gasteiger partial charge in [0.15, 0.2) is 6.61 Å². The number of carbonyl (C=O) groups is 2. The molecule has 0 saturated heterocycles. The van der Waals surface area contributed by atoms with Gasteiger partial charge in [0.1, 0.15) is 11.8 Å². The Labute approximate surface area is 194 Å². The molecule has 5 nitrogen and oxygen atoms in total. The van der Waals surface area contributed by atoms with Gasteiger partial charge in [0.25, 0.3) is 5.91 Å². The Morgan fingerprint density at radius 3 is 2.26 bits per heavy atom. The summed E-state index contributed by atoms with van der Waals surface area (Å²) in [6, 6.07) is 10.1. The third-order valence-electron chi connectivity index (χ3n) is 5.08. The highest BCUT2D eigenvalue weighted by Gasteiger charge is 2.28. The largest absolute Gasteiger partial charge is 0.484 e. The number of hydrogen-bond acceptors (Lipinski definition) is 3. The van der Waals surface area contributed by atoms with Crippen molar-refractivity contribution in [3.05, 3.63) is 63.1 Å². The number of halogens is 2. The van der Waals surface area contributed by atoms with E-state index in [9.17, 15) is 9.59 Å². The van der Waals surface area contributed by atoms with Gasteiger partial charge in [0.05, 0.1) is 0 Å². The van der Waals surface area contributed by atoms with Gasteiger partial charge < -0.3 is 15.0 Å². The predicted molar refractivity (Wildman–Crippen MR) is 126 cm³/mol. The van der Waals surface area contributed by atoms with E-state index >= 15 is 0 Å². The molecule has 2 aromatic rings. The molecule has 0 fully saturated rings. The molecule has 1 atom stereocenters. The molecule has 0 heterocycles. The first-order valence-electron chi connectivity index (χ1n) is 10.3. The molecule has 0 saturated carbocycles. The van der Waals surface area contributed by atoms with E-state index in [-0.39, 0.29) is 25.0 Å². The van der Waals surface area contributed by atoms with Crippen LogP contribution in [-0.2, 0) is 16.1 Å². The quantitative estimate of drug-likeness (QED) is 0.555. The van der Waals surface area contributed by atoms with Crippen LogP contribution < -0.4 is 10.1 Å². The molecule has 31 heavy (non-hydrogen) atoms. The van der Waals surface area contributed by atoms with Crippen molar-refractivity contribution in [3.63, 3.8) is 0 Å². The molecular weight excluding hydrogens is 435 g/mol. The van der Waals surface area contributed by atoms with Crippen LogP contribution in [0.5, 0.6) is 5.75 Å². The molecule has 0 aliphatic heterocycles. The molecule has 2 rings (SSSR count). The average molecular weight is 465 g/mol. The van der Waals surface area contributed by atoms with Crippen molar-refractivity contribution in [2.24, 2.45) is 5.92 Å². The Hall–Kier alpha value is -2.24. The molecule has 1 unspecified atom stereocenters. The number of ether oxygens (including phenoxy) is 1. The third-order valence-corrected chi connectivity index (χ3v) is 5.79. The summed E-state index contributed by atoms with van der Waals surface area (Å²) in [6.45, 7) is 10.1.